The van der Waals surface area contributed by atoms with Gasteiger partial charge in [-0.3, -0.25) is 9.36 Å². The van der Waals surface area contributed by atoms with E-state index in [2.05, 4.69) is 31.9 Å². The second-order valence-corrected chi connectivity index (χ2v) is 13.6. The number of nitrogens with zero attached hydrogens (tertiary/aromatic N) is 1. The molecule has 5 rings (SSSR count). The van der Waals surface area contributed by atoms with Gasteiger partial charge in [-0.15, -0.1) is 11.3 Å². The van der Waals surface area contributed by atoms with Gasteiger partial charge in [0, 0.05) is 8.95 Å². The van der Waals surface area contributed by atoms with E-state index in [0.29, 0.717) is 10.0 Å². The van der Waals surface area contributed by atoms with Crippen molar-refractivity contribution in [1.29, 1.82) is 0 Å². The van der Waals surface area contributed by atoms with Crippen LogP contribution in [0, 0.1) is 0 Å². The molecule has 1 atom stereocenters. The molecule has 2 heterocycles. The van der Waals surface area contributed by atoms with E-state index in [4.69, 9.17) is 10.5 Å². The molecule has 11 heteroatoms. The summed E-state index contributed by atoms with van der Waals surface area (Å²) in [5.74, 6) is -2.12. The number of esters is 1. The van der Waals surface area contributed by atoms with Crippen LogP contribution in [-0.4, -0.2) is 25.6 Å². The monoisotopic (exact) mass is 700 g/mol. The molecule has 0 amide bonds. The number of carbonyl (C=O) groups excluding carboxylic acids is 1. The summed E-state index contributed by atoms with van der Waals surface area (Å²) in [5, 5.41) is 0. The minimum absolute atomic E-state index is 0.0104. The molecule has 1 aliphatic heterocycles. The summed E-state index contributed by atoms with van der Waals surface area (Å²) in [6, 6.07) is 22.2. The lowest BCUT2D eigenvalue weighted by molar-refractivity contribution is -0.136. The summed E-state index contributed by atoms with van der Waals surface area (Å²) in [5.41, 5.74) is 7.35. The average Bonchev–Trinajstić information content (AvgIpc) is 3.24. The quantitative estimate of drug-likeness (QED) is 0.300. The third-order valence-electron chi connectivity index (χ3n) is 6.27. The molecule has 4 aromatic rings. The largest absolute Gasteiger partial charge is 0.463 e. The molecule has 0 fully saturated rings. The molecular weight excluding hydrogens is 680 g/mol. The highest BCUT2D eigenvalue weighted by Crippen LogP contribution is 2.42. The molecule has 0 spiro atoms. The lowest BCUT2D eigenvalue weighted by Crippen LogP contribution is -2.41. The number of aromatic nitrogens is 1. The van der Waals surface area contributed by atoms with Crippen molar-refractivity contribution in [3.8, 4) is 0 Å². The van der Waals surface area contributed by atoms with Gasteiger partial charge < -0.3 is 10.5 Å². The summed E-state index contributed by atoms with van der Waals surface area (Å²) < 4.78 is 37.0. The molecule has 1 aliphatic rings. The third-order valence-corrected chi connectivity index (χ3v) is 10.3. The first kappa shape index (κ1) is 28.3. The van der Waals surface area contributed by atoms with Gasteiger partial charge in [-0.2, -0.15) is 0 Å². The fraction of sp³-hybridized carbons (Fsp3) is 0.103. The second kappa shape index (κ2) is 11.3. The summed E-state index contributed by atoms with van der Waals surface area (Å²) >= 11 is 7.95. The van der Waals surface area contributed by atoms with Gasteiger partial charge in [0.25, 0.3) is 5.56 Å². The van der Waals surface area contributed by atoms with Crippen LogP contribution in [0.4, 0.5) is 0 Å². The number of nitrogens with two attached hydrogens (primary N) is 1. The fourth-order valence-corrected chi connectivity index (χ4v) is 8.28. The van der Waals surface area contributed by atoms with Gasteiger partial charge in [0.1, 0.15) is 15.4 Å². The van der Waals surface area contributed by atoms with Gasteiger partial charge in [0.15, 0.2) is 0 Å². The summed E-state index contributed by atoms with van der Waals surface area (Å²) in [6.45, 7) is 1.72. The zero-order chi connectivity index (χ0) is 28.6. The Morgan fingerprint density at radius 2 is 1.70 bits per heavy atom. The molecule has 204 valence electrons. The van der Waals surface area contributed by atoms with Crippen LogP contribution in [-0.2, 0) is 19.4 Å². The molecule has 0 radical (unpaired) electrons. The number of hydrogen-bond donors (Lipinski definition) is 1. The molecule has 0 saturated heterocycles. The predicted octanol–water partition coefficient (Wildman–Crippen LogP) is 4.33. The second-order valence-electron chi connectivity index (χ2n) is 8.80. The smallest absolute Gasteiger partial charge is 0.338 e. The minimum Gasteiger partial charge on any atom is -0.463 e. The summed E-state index contributed by atoms with van der Waals surface area (Å²) in [4.78, 5) is 27.1. The van der Waals surface area contributed by atoms with E-state index < -0.39 is 27.3 Å². The molecule has 0 bridgehead atoms. The van der Waals surface area contributed by atoms with Crippen molar-refractivity contribution in [2.75, 3.05) is 6.61 Å². The Morgan fingerprint density at radius 3 is 2.35 bits per heavy atom. The molecule has 3 aromatic carbocycles. The lowest BCUT2D eigenvalue weighted by Gasteiger charge is -2.28. The van der Waals surface area contributed by atoms with Crippen molar-refractivity contribution in [1.82, 2.24) is 4.57 Å². The van der Waals surface area contributed by atoms with Gasteiger partial charge in [0.2, 0.25) is 9.84 Å². The number of allylic oxidation sites excluding steroid dienone is 1. The van der Waals surface area contributed by atoms with Crippen molar-refractivity contribution in [2.24, 2.45) is 5.73 Å². The number of thiazole rings is 1. The summed E-state index contributed by atoms with van der Waals surface area (Å²) in [7, 11) is -4.28. The van der Waals surface area contributed by atoms with Crippen LogP contribution in [0.25, 0.3) is 17.5 Å². The van der Waals surface area contributed by atoms with E-state index >= 15 is 0 Å². The molecular formula is C29H22Br2N2O5S2. The maximum absolute atomic E-state index is 14.2. The zero-order valence-electron chi connectivity index (χ0n) is 21.0. The number of fused-ring (bicyclic) bond motifs is 1. The van der Waals surface area contributed by atoms with E-state index in [1.807, 2.05) is 24.3 Å². The zero-order valence-corrected chi connectivity index (χ0v) is 25.8. The number of sulfone groups is 1. The van der Waals surface area contributed by atoms with Crippen LogP contribution in [0.1, 0.15) is 24.0 Å². The average molecular weight is 702 g/mol. The van der Waals surface area contributed by atoms with Gasteiger partial charge >= 0.3 is 5.97 Å². The third kappa shape index (κ3) is 5.14. The highest BCUT2D eigenvalue weighted by molar-refractivity contribution is 9.10. The number of hydrogen-bond acceptors (Lipinski definition) is 7. The number of ether oxygens (including phenoxy) is 1. The van der Waals surface area contributed by atoms with E-state index in [1.54, 1.807) is 55.5 Å². The van der Waals surface area contributed by atoms with Crippen molar-refractivity contribution < 1.29 is 17.9 Å². The van der Waals surface area contributed by atoms with E-state index in [0.717, 1.165) is 25.9 Å². The van der Waals surface area contributed by atoms with E-state index in [-0.39, 0.29) is 37.0 Å². The van der Waals surface area contributed by atoms with Crippen LogP contribution in [0.3, 0.4) is 0 Å². The molecule has 0 aliphatic carbocycles. The highest BCUT2D eigenvalue weighted by Gasteiger charge is 2.42. The van der Waals surface area contributed by atoms with Crippen molar-refractivity contribution in [3.05, 3.63) is 123 Å². The summed E-state index contributed by atoms with van der Waals surface area (Å²) in [6.07, 6.45) is 1.68. The SMILES string of the molecule is CCOC(=O)C1=c2sc(=Cc3cccc(Br)c3)c(=O)n2C(N)=C(S(=O)(=O)c2ccccc2)C1c1cccc(Br)c1. The van der Waals surface area contributed by atoms with E-state index in [1.165, 1.54) is 12.1 Å². The van der Waals surface area contributed by atoms with Crippen LogP contribution in [0.5, 0.6) is 0 Å². The molecule has 7 nitrogen and oxygen atoms in total. The topological polar surface area (TPSA) is 108 Å². The van der Waals surface area contributed by atoms with Crippen LogP contribution < -0.4 is 20.5 Å². The Bertz CT molecular complexity index is 1960. The maximum Gasteiger partial charge on any atom is 0.338 e. The van der Waals surface area contributed by atoms with Crippen LogP contribution >= 0.6 is 43.2 Å². The lowest BCUT2D eigenvalue weighted by atomic mass is 9.89. The number of benzene rings is 3. The standard InChI is InChI=1S/C29H22Br2N2O5S2/c1-2-38-29(35)24-23(18-9-7-11-20(31)16-18)25(40(36,37)21-12-4-3-5-13-21)26(32)33-27(34)22(39-28(24)33)15-17-8-6-10-19(30)14-17/h3-16,23H,2,32H2,1H3. The van der Waals surface area contributed by atoms with Crippen molar-refractivity contribution in [2.45, 2.75) is 17.7 Å². The first-order valence-electron chi connectivity index (χ1n) is 12.1. The number of carbonyl (C=O) groups is 1. The number of rotatable bonds is 6. The molecule has 1 unspecified atom stereocenters. The Labute approximate surface area is 251 Å². The normalized spacial score (nSPS) is 15.7. The first-order chi connectivity index (χ1) is 19.1. The predicted molar refractivity (Wildman–Crippen MR) is 163 cm³/mol. The minimum atomic E-state index is -4.28. The van der Waals surface area contributed by atoms with Gasteiger partial charge in [0.05, 0.1) is 27.5 Å². The molecule has 2 N–H and O–H groups in total. The Morgan fingerprint density at radius 1 is 1.02 bits per heavy atom. The van der Waals surface area contributed by atoms with Crippen molar-refractivity contribution >= 4 is 76.5 Å². The molecule has 0 saturated carbocycles. The van der Waals surface area contributed by atoms with Gasteiger partial charge in [-0.25, -0.2) is 13.2 Å². The van der Waals surface area contributed by atoms with Gasteiger partial charge in [-0.1, -0.05) is 74.3 Å². The number of halogens is 2. The van der Waals surface area contributed by atoms with Crippen molar-refractivity contribution in [3.63, 3.8) is 0 Å². The fourth-order valence-electron chi connectivity index (χ4n) is 4.58. The van der Waals surface area contributed by atoms with Crippen LogP contribution in [0.15, 0.2) is 102 Å². The molecule has 1 aromatic heterocycles. The van der Waals surface area contributed by atoms with E-state index in [9.17, 15) is 18.0 Å². The Balaban J connectivity index is 1.94. The maximum atomic E-state index is 14.2. The Kier molecular flexibility index (Phi) is 8.01. The van der Waals surface area contributed by atoms with Crippen LogP contribution in [0.2, 0.25) is 0 Å². The molecule has 40 heavy (non-hydrogen) atoms. The highest BCUT2D eigenvalue weighted by atomic mass is 79.9. The van der Waals surface area contributed by atoms with Gasteiger partial charge in [-0.05, 0) is 60.5 Å². The Hall–Kier alpha value is -3.25. The first-order valence-corrected chi connectivity index (χ1v) is 16.0.